The maximum atomic E-state index is 12.2. The van der Waals surface area contributed by atoms with Crippen LogP contribution in [-0.4, -0.2) is 50.9 Å². The zero-order chi connectivity index (χ0) is 14.8. The van der Waals surface area contributed by atoms with Gasteiger partial charge in [-0.05, 0) is 40.5 Å². The molecule has 1 aliphatic rings. The molecule has 1 rings (SSSR count). The van der Waals surface area contributed by atoms with Crippen molar-refractivity contribution in [3.05, 3.63) is 0 Å². The molecule has 1 saturated heterocycles. The van der Waals surface area contributed by atoms with E-state index in [2.05, 4.69) is 0 Å². The predicted octanol–water partition coefficient (Wildman–Crippen LogP) is 0.944. The van der Waals surface area contributed by atoms with Crippen molar-refractivity contribution in [2.75, 3.05) is 13.3 Å². The molecule has 0 radical (unpaired) electrons. The molecule has 0 aromatic carbocycles. The third-order valence-corrected chi connectivity index (χ3v) is 7.50. The van der Waals surface area contributed by atoms with Crippen LogP contribution < -0.4 is 0 Å². The average molecular weight is 313 g/mol. The molecule has 1 atom stereocenters. The van der Waals surface area contributed by atoms with E-state index in [9.17, 15) is 16.8 Å². The molecule has 0 amide bonds. The van der Waals surface area contributed by atoms with Crippen molar-refractivity contribution in [3.8, 4) is 0 Å². The van der Waals surface area contributed by atoms with Crippen molar-refractivity contribution in [3.63, 3.8) is 0 Å². The van der Waals surface area contributed by atoms with Gasteiger partial charge in [0.05, 0.1) is 10.5 Å². The summed E-state index contributed by atoms with van der Waals surface area (Å²) in [6.07, 6.45) is 1.27. The van der Waals surface area contributed by atoms with Gasteiger partial charge >= 0.3 is 0 Å². The fourth-order valence-corrected chi connectivity index (χ4v) is 4.17. The normalized spacial score (nSPS) is 22.5. The zero-order valence-electron chi connectivity index (χ0n) is 11.9. The van der Waals surface area contributed by atoms with Crippen LogP contribution >= 0.6 is 0 Å². The number of hydrogen-bond acceptors (Lipinski definition) is 6. The molecule has 1 aliphatic heterocycles. The predicted molar refractivity (Wildman–Crippen MR) is 73.8 cm³/mol. The van der Waals surface area contributed by atoms with Gasteiger partial charge in [0.25, 0.3) is 10.1 Å². The molecular formula is C11H23NO5S2. The first kappa shape index (κ1) is 16.9. The van der Waals surface area contributed by atoms with Crippen molar-refractivity contribution >= 4 is 20.0 Å². The molecule has 0 aromatic heterocycles. The highest BCUT2D eigenvalue weighted by Crippen LogP contribution is 2.25. The largest absolute Gasteiger partial charge is 0.270 e. The molecule has 0 bridgehead atoms. The summed E-state index contributed by atoms with van der Waals surface area (Å²) < 4.78 is 52.4. The molecule has 1 fully saturated rings. The van der Waals surface area contributed by atoms with E-state index in [4.69, 9.17) is 4.18 Å². The molecule has 1 heterocycles. The Kier molecular flexibility index (Phi) is 5.39. The van der Waals surface area contributed by atoms with Gasteiger partial charge in [0.1, 0.15) is 12.1 Å². The van der Waals surface area contributed by atoms with Gasteiger partial charge in [-0.2, -0.15) is 8.42 Å². The topological polar surface area (TPSA) is 80.8 Å². The minimum atomic E-state index is -3.61. The van der Waals surface area contributed by atoms with Crippen molar-refractivity contribution in [2.24, 2.45) is 0 Å². The summed E-state index contributed by atoms with van der Waals surface area (Å²) in [7, 11) is -6.87. The van der Waals surface area contributed by atoms with Crippen LogP contribution in [0.15, 0.2) is 0 Å². The second kappa shape index (κ2) is 6.07. The molecule has 0 aromatic rings. The molecule has 0 spiro atoms. The fourth-order valence-electron chi connectivity index (χ4n) is 1.91. The molecule has 8 heteroatoms. The lowest BCUT2D eigenvalue weighted by molar-refractivity contribution is 0.143. The van der Waals surface area contributed by atoms with Gasteiger partial charge in [0.15, 0.2) is 9.84 Å². The summed E-state index contributed by atoms with van der Waals surface area (Å²) >= 11 is 0. The second-order valence-corrected chi connectivity index (χ2v) is 10.2. The Bertz CT molecular complexity index is 495. The molecule has 6 nitrogen and oxygen atoms in total. The lowest BCUT2D eigenvalue weighted by Gasteiger charge is -2.25. The van der Waals surface area contributed by atoms with Crippen molar-refractivity contribution in [1.29, 1.82) is 0 Å². The van der Waals surface area contributed by atoms with Crippen LogP contribution in [0.2, 0.25) is 0 Å². The van der Waals surface area contributed by atoms with E-state index in [-0.39, 0.29) is 6.73 Å². The zero-order valence-corrected chi connectivity index (χ0v) is 13.5. The van der Waals surface area contributed by atoms with Crippen molar-refractivity contribution in [1.82, 2.24) is 4.90 Å². The van der Waals surface area contributed by atoms with Crippen LogP contribution in [0.25, 0.3) is 0 Å². The Morgan fingerprint density at radius 2 is 1.68 bits per heavy atom. The molecule has 0 N–H and O–H groups in total. The van der Waals surface area contributed by atoms with Gasteiger partial charge in [-0.25, -0.2) is 8.42 Å². The third kappa shape index (κ3) is 3.90. The Labute approximate surface area is 116 Å². The van der Waals surface area contributed by atoms with Crippen LogP contribution in [0.5, 0.6) is 0 Å². The highest BCUT2D eigenvalue weighted by Gasteiger charge is 2.37. The van der Waals surface area contributed by atoms with Crippen LogP contribution in [0.3, 0.4) is 0 Å². The number of likely N-dealkylation sites (tertiary alicyclic amines) is 1. The van der Waals surface area contributed by atoms with E-state index in [1.807, 2.05) is 0 Å². The highest BCUT2D eigenvalue weighted by molar-refractivity contribution is 7.92. The summed E-state index contributed by atoms with van der Waals surface area (Å²) in [4.78, 5) is 1.59. The summed E-state index contributed by atoms with van der Waals surface area (Å²) in [6, 6.07) is 0. The Morgan fingerprint density at radius 1 is 1.11 bits per heavy atom. The first-order valence-electron chi connectivity index (χ1n) is 6.44. The van der Waals surface area contributed by atoms with Gasteiger partial charge in [-0.15, -0.1) is 0 Å². The smallest absolute Gasteiger partial charge is 0.263 e. The third-order valence-electron chi connectivity index (χ3n) is 3.30. The van der Waals surface area contributed by atoms with Gasteiger partial charge in [0, 0.05) is 6.54 Å². The fraction of sp³-hybridized carbons (Fsp3) is 1.00. The van der Waals surface area contributed by atoms with E-state index in [1.165, 1.54) is 13.8 Å². The molecule has 114 valence electrons. The summed E-state index contributed by atoms with van der Waals surface area (Å²) in [5.74, 6) is 0. The first-order chi connectivity index (χ1) is 8.59. The standard InChI is InChI=1S/C11H23NO5S2/c1-9(2)18(13,14)11-6-5-7-12(11)8-17-19(15,16)10(3)4/h9-11H,5-8H2,1-4H3/t11-/m0/s1. The van der Waals surface area contributed by atoms with Crippen LogP contribution in [-0.2, 0) is 24.1 Å². The van der Waals surface area contributed by atoms with E-state index in [0.29, 0.717) is 13.0 Å². The molecule has 0 saturated carbocycles. The summed E-state index contributed by atoms with van der Waals surface area (Å²) in [6.45, 7) is 6.69. The van der Waals surface area contributed by atoms with Gasteiger partial charge < -0.3 is 0 Å². The quantitative estimate of drug-likeness (QED) is 0.679. The minimum absolute atomic E-state index is 0.183. The maximum Gasteiger partial charge on any atom is 0.270 e. The second-order valence-electron chi connectivity index (χ2n) is 5.34. The van der Waals surface area contributed by atoms with E-state index in [1.54, 1.807) is 18.7 Å². The number of rotatable bonds is 6. The molecule has 0 aliphatic carbocycles. The lowest BCUT2D eigenvalue weighted by atomic mass is 10.4. The van der Waals surface area contributed by atoms with Crippen LogP contribution in [0, 0.1) is 0 Å². The summed E-state index contributed by atoms with van der Waals surface area (Å²) in [5, 5.41) is -1.73. The number of nitrogens with zero attached hydrogens (tertiary/aromatic N) is 1. The average Bonchev–Trinajstić information content (AvgIpc) is 2.74. The SMILES string of the molecule is CC(C)S(=O)(=O)OCN1CCC[C@@H]1S(=O)(=O)C(C)C. The Balaban J connectivity index is 2.75. The van der Waals surface area contributed by atoms with Crippen molar-refractivity contribution in [2.45, 2.75) is 56.4 Å². The van der Waals surface area contributed by atoms with Crippen molar-refractivity contribution < 1.29 is 21.0 Å². The highest BCUT2D eigenvalue weighted by atomic mass is 32.2. The van der Waals surface area contributed by atoms with Gasteiger partial charge in [0.2, 0.25) is 0 Å². The Hall–Kier alpha value is -0.180. The number of sulfone groups is 1. The Morgan fingerprint density at radius 3 is 2.16 bits per heavy atom. The molecular weight excluding hydrogens is 290 g/mol. The number of hydrogen-bond donors (Lipinski definition) is 0. The monoisotopic (exact) mass is 313 g/mol. The van der Waals surface area contributed by atoms with E-state index < -0.39 is 35.8 Å². The minimum Gasteiger partial charge on any atom is -0.263 e. The molecule has 19 heavy (non-hydrogen) atoms. The van der Waals surface area contributed by atoms with E-state index >= 15 is 0 Å². The van der Waals surface area contributed by atoms with Crippen LogP contribution in [0.1, 0.15) is 40.5 Å². The first-order valence-corrected chi connectivity index (χ1v) is 9.52. The lowest BCUT2D eigenvalue weighted by Crippen LogP contribution is -2.41. The van der Waals surface area contributed by atoms with Crippen LogP contribution in [0.4, 0.5) is 0 Å². The van der Waals surface area contributed by atoms with E-state index in [0.717, 1.165) is 6.42 Å². The van der Waals surface area contributed by atoms with Gasteiger partial charge in [-0.3, -0.25) is 9.08 Å². The molecule has 0 unspecified atom stereocenters. The van der Waals surface area contributed by atoms with Gasteiger partial charge in [-0.1, -0.05) is 0 Å². The maximum absolute atomic E-state index is 12.2. The summed E-state index contributed by atoms with van der Waals surface area (Å²) in [5.41, 5.74) is 0.